The molecule has 0 spiro atoms. The van der Waals surface area contributed by atoms with Crippen molar-refractivity contribution in [1.29, 1.82) is 0 Å². The Morgan fingerprint density at radius 2 is 1.00 bits per heavy atom. The molecular weight excluding hydrogens is 261 g/mol. The van der Waals surface area contributed by atoms with Gasteiger partial charge in [0, 0.05) is 20.1 Å². The van der Waals surface area contributed by atoms with Gasteiger partial charge in [-0.2, -0.15) is 0 Å². The molecule has 0 bridgehead atoms. The first-order chi connectivity index (χ1) is 1.73. The maximum atomic E-state index is 9.58. The molecule has 1 radical (unpaired) electrons. The Hall–Kier alpha value is 0.439. The van der Waals surface area contributed by atoms with E-state index >= 15 is 0 Å². The quantitative estimate of drug-likeness (QED) is 0.577. The Bertz CT molecular complexity index is 11.6. The van der Waals surface area contributed by atoms with E-state index in [1.807, 2.05) is 0 Å². The van der Waals surface area contributed by atoms with Crippen molar-refractivity contribution < 1.29 is 33.3 Å². The predicted molar refractivity (Wildman–Crippen MR) is 6.57 cm³/mol. The van der Waals surface area contributed by atoms with Gasteiger partial charge in [-0.15, -0.1) is 0 Å². The van der Waals surface area contributed by atoms with Gasteiger partial charge in [0.2, 0.25) is 0 Å². The molecule has 0 rings (SSSR count). The zero-order valence-corrected chi connectivity index (χ0v) is 4.36. The van der Waals surface area contributed by atoms with Crippen molar-refractivity contribution in [1.82, 2.24) is 0 Å². The summed E-state index contributed by atoms with van der Waals surface area (Å²) in [5, 5.41) is 0. The molecule has 0 nitrogen and oxygen atoms in total. The molecule has 0 atom stereocenters. The Kier molecular flexibility index (Phi) is 8.05. The molecule has 0 aliphatic heterocycles. The molecular formula is CF3Ir-. The van der Waals surface area contributed by atoms with Crippen LogP contribution in [-0.4, -0.2) is 0 Å². The molecule has 0 heterocycles. The minimum absolute atomic E-state index is 0. The summed E-state index contributed by atoms with van der Waals surface area (Å²) in [7, 11) is 0. The standard InChI is InChI=1S/CF3.Ir/c2-1(3)4;/q-1;. The van der Waals surface area contributed by atoms with Crippen LogP contribution in [0.2, 0.25) is 0 Å². The van der Waals surface area contributed by atoms with Crippen molar-refractivity contribution in [3.05, 3.63) is 6.68 Å². The minimum Gasteiger partial charge on any atom is -0.385 e. The molecule has 4 heteroatoms. The zero-order valence-electron chi connectivity index (χ0n) is 1.97. The minimum atomic E-state index is -3.08. The fraction of sp³-hybridized carbons (Fsp3) is 0. The van der Waals surface area contributed by atoms with Gasteiger partial charge in [0.1, 0.15) is 0 Å². The van der Waals surface area contributed by atoms with E-state index in [2.05, 4.69) is 0 Å². The van der Waals surface area contributed by atoms with Crippen LogP contribution in [-0.2, 0) is 20.1 Å². The van der Waals surface area contributed by atoms with Crippen molar-refractivity contribution in [3.63, 3.8) is 0 Å². The molecule has 0 aromatic heterocycles. The molecule has 0 aliphatic rings. The number of halogens is 3. The average molecular weight is 261 g/mol. The summed E-state index contributed by atoms with van der Waals surface area (Å²) in [4.78, 5) is 0. The number of rotatable bonds is 0. The Morgan fingerprint density at radius 1 is 1.00 bits per heavy atom. The third kappa shape index (κ3) is 137. The van der Waals surface area contributed by atoms with Gasteiger partial charge in [0.15, 0.2) is 6.68 Å². The fourth-order valence-corrected chi connectivity index (χ4v) is 0. The summed E-state index contributed by atoms with van der Waals surface area (Å²) in [6, 6.07) is 0. The van der Waals surface area contributed by atoms with Crippen LogP contribution < -0.4 is 0 Å². The van der Waals surface area contributed by atoms with Gasteiger partial charge in [-0.1, -0.05) is 0 Å². The molecule has 0 aliphatic carbocycles. The molecule has 0 aromatic carbocycles. The van der Waals surface area contributed by atoms with Crippen LogP contribution in [0.15, 0.2) is 0 Å². The van der Waals surface area contributed by atoms with Crippen LogP contribution in [0.5, 0.6) is 0 Å². The number of hydrogen-bond acceptors (Lipinski definition) is 0. The van der Waals surface area contributed by atoms with Gasteiger partial charge in [0.05, 0.1) is 0 Å². The maximum absolute atomic E-state index is 9.58. The van der Waals surface area contributed by atoms with Crippen LogP contribution in [0, 0.1) is 6.68 Å². The monoisotopic (exact) mass is 262 g/mol. The molecule has 5 heavy (non-hydrogen) atoms. The van der Waals surface area contributed by atoms with Crippen molar-refractivity contribution in [2.24, 2.45) is 0 Å². The Morgan fingerprint density at radius 3 is 1.00 bits per heavy atom. The van der Waals surface area contributed by atoms with Crippen molar-refractivity contribution in [3.8, 4) is 0 Å². The van der Waals surface area contributed by atoms with Gasteiger partial charge < -0.3 is 13.2 Å². The first-order valence-electron chi connectivity index (χ1n) is 0.567. The van der Waals surface area contributed by atoms with E-state index in [1.54, 1.807) is 0 Å². The van der Waals surface area contributed by atoms with Crippen LogP contribution in [0.25, 0.3) is 0 Å². The fourth-order valence-electron chi connectivity index (χ4n) is 0. The van der Waals surface area contributed by atoms with Crippen molar-refractivity contribution in [2.45, 2.75) is 0 Å². The SMILES string of the molecule is F[C-](F)F.[Ir]. The smallest absolute Gasteiger partial charge is 0.154 e. The summed E-state index contributed by atoms with van der Waals surface area (Å²) in [5.74, 6) is 0. The molecule has 0 saturated heterocycles. The molecule has 0 N–H and O–H groups in total. The van der Waals surface area contributed by atoms with Crippen molar-refractivity contribution >= 4 is 0 Å². The Labute approximate surface area is 40.7 Å². The normalized spacial score (nSPS) is 7.20. The average Bonchev–Trinajstić information content (AvgIpc) is 0.811. The molecule has 0 saturated carbocycles. The second kappa shape index (κ2) is 4.44. The van der Waals surface area contributed by atoms with E-state index in [-0.39, 0.29) is 20.1 Å². The van der Waals surface area contributed by atoms with Gasteiger partial charge in [-0.3, -0.25) is 0 Å². The van der Waals surface area contributed by atoms with Gasteiger partial charge in [-0.25, -0.2) is 0 Å². The summed E-state index contributed by atoms with van der Waals surface area (Å²) in [6.07, 6.45) is 0. The summed E-state index contributed by atoms with van der Waals surface area (Å²) >= 11 is 0. The molecule has 35 valence electrons. The van der Waals surface area contributed by atoms with E-state index in [0.29, 0.717) is 0 Å². The molecule has 0 amide bonds. The van der Waals surface area contributed by atoms with Gasteiger partial charge in [0.25, 0.3) is 0 Å². The summed E-state index contributed by atoms with van der Waals surface area (Å²) < 4.78 is 28.8. The van der Waals surface area contributed by atoms with E-state index in [9.17, 15) is 13.2 Å². The van der Waals surface area contributed by atoms with Crippen molar-refractivity contribution in [2.75, 3.05) is 0 Å². The van der Waals surface area contributed by atoms with Crippen LogP contribution >= 0.6 is 0 Å². The third-order valence-electron chi connectivity index (χ3n) is 0. The predicted octanol–water partition coefficient (Wildman–Crippen LogP) is 1.34. The first-order valence-corrected chi connectivity index (χ1v) is 0.567. The van der Waals surface area contributed by atoms with Crippen LogP contribution in [0.3, 0.4) is 0 Å². The topological polar surface area (TPSA) is 0 Å². The maximum Gasteiger partial charge on any atom is 0.154 e. The van der Waals surface area contributed by atoms with Gasteiger partial charge >= 0.3 is 0 Å². The third-order valence-corrected chi connectivity index (χ3v) is 0. The van der Waals surface area contributed by atoms with E-state index in [1.165, 1.54) is 0 Å². The molecule has 0 aromatic rings. The second-order valence-corrected chi connectivity index (χ2v) is 0.214. The van der Waals surface area contributed by atoms with E-state index < -0.39 is 6.68 Å². The summed E-state index contributed by atoms with van der Waals surface area (Å²) in [5.41, 5.74) is 0. The number of hydrogen-bond donors (Lipinski definition) is 0. The van der Waals surface area contributed by atoms with Crippen LogP contribution in [0.4, 0.5) is 13.2 Å². The largest absolute Gasteiger partial charge is 0.385 e. The van der Waals surface area contributed by atoms with E-state index in [4.69, 9.17) is 0 Å². The Balaban J connectivity index is 0. The zero-order chi connectivity index (χ0) is 3.58. The van der Waals surface area contributed by atoms with E-state index in [0.717, 1.165) is 0 Å². The van der Waals surface area contributed by atoms with Crippen LogP contribution in [0.1, 0.15) is 0 Å². The first kappa shape index (κ1) is 9.06. The second-order valence-electron chi connectivity index (χ2n) is 0.214. The summed E-state index contributed by atoms with van der Waals surface area (Å²) in [6.45, 7) is -3.08. The molecule has 0 fully saturated rings. The van der Waals surface area contributed by atoms with Gasteiger partial charge in [-0.05, 0) is 0 Å². The molecule has 0 unspecified atom stereocenters.